The molecule has 5 aliphatic rings. The maximum absolute atomic E-state index is 11.7. The molecule has 1 spiro atoms. The van der Waals surface area contributed by atoms with Crippen molar-refractivity contribution >= 4 is 17.6 Å². The molecule has 0 aromatic carbocycles. The van der Waals surface area contributed by atoms with Crippen LogP contribution in [0.5, 0.6) is 0 Å². The highest BCUT2D eigenvalue weighted by atomic mass is 35.5. The summed E-state index contributed by atoms with van der Waals surface area (Å²) < 4.78 is 17.7. The zero-order valence-corrected chi connectivity index (χ0v) is 15.1. The van der Waals surface area contributed by atoms with E-state index in [1.165, 1.54) is 0 Å². The summed E-state index contributed by atoms with van der Waals surface area (Å²) in [5.41, 5.74) is -0.628. The Hall–Kier alpha value is -0.400. The minimum absolute atomic E-state index is 0.0157. The van der Waals surface area contributed by atoms with Gasteiger partial charge in [0.15, 0.2) is 11.9 Å². The molecule has 5 rings (SSSR count). The first kappa shape index (κ1) is 17.0. The number of esters is 1. The van der Waals surface area contributed by atoms with Gasteiger partial charge < -0.3 is 14.2 Å². The normalized spacial score (nSPS) is 53.2. The summed E-state index contributed by atoms with van der Waals surface area (Å²) in [6.07, 6.45) is 2.56. The van der Waals surface area contributed by atoms with E-state index in [9.17, 15) is 4.79 Å². The lowest BCUT2D eigenvalue weighted by Gasteiger charge is -2.59. The Balaban J connectivity index is 1.71. The number of halogens is 1. The molecule has 2 bridgehead atoms. The van der Waals surface area contributed by atoms with Crippen molar-refractivity contribution in [3.63, 3.8) is 0 Å². The summed E-state index contributed by atoms with van der Waals surface area (Å²) in [5.74, 6) is -0.546. The van der Waals surface area contributed by atoms with Gasteiger partial charge in [-0.2, -0.15) is 0 Å². The van der Waals surface area contributed by atoms with Gasteiger partial charge >= 0.3 is 5.97 Å². The molecule has 1 aliphatic carbocycles. The molecule has 1 saturated carbocycles. The number of alkyl halides is 1. The summed E-state index contributed by atoms with van der Waals surface area (Å²) in [4.78, 5) is 23.4. The number of rotatable bonds is 2. The second kappa shape index (κ2) is 5.81. The first-order valence-corrected chi connectivity index (χ1v) is 9.38. The van der Waals surface area contributed by atoms with E-state index in [0.29, 0.717) is 11.8 Å². The largest absolute Gasteiger partial charge is 0.434 e. The van der Waals surface area contributed by atoms with Gasteiger partial charge in [-0.05, 0) is 38.0 Å². The standard InChI is InChI=1S/C17H25ClO6/c1-9-4-5-12-10(2)14(20-13(19)8-18)21-15-17(12)11(9)6-7-16(3,22-15)23-24-17/h9-12,14-15H,4-8H2,1-3H3/t9-,10-,11+,12-,14-,15-,16-,17-/m1/s1. The van der Waals surface area contributed by atoms with Crippen LogP contribution < -0.4 is 0 Å². The Bertz CT molecular complexity index is 529. The Morgan fingerprint density at radius 1 is 1.21 bits per heavy atom. The molecule has 5 fully saturated rings. The molecule has 4 aliphatic heterocycles. The van der Waals surface area contributed by atoms with Crippen LogP contribution in [0.4, 0.5) is 0 Å². The van der Waals surface area contributed by atoms with Crippen molar-refractivity contribution in [3.8, 4) is 0 Å². The van der Waals surface area contributed by atoms with E-state index >= 15 is 0 Å². The van der Waals surface area contributed by atoms with Crippen molar-refractivity contribution < 1.29 is 28.8 Å². The number of carbonyl (C=O) groups excluding carboxylic acids is 1. The fourth-order valence-corrected chi connectivity index (χ4v) is 5.23. The third-order valence-electron chi connectivity index (χ3n) is 6.45. The lowest BCUT2D eigenvalue weighted by atomic mass is 9.58. The average Bonchev–Trinajstić information content (AvgIpc) is 2.78. The van der Waals surface area contributed by atoms with Crippen molar-refractivity contribution in [2.75, 3.05) is 5.88 Å². The van der Waals surface area contributed by atoms with Crippen LogP contribution in [0.1, 0.15) is 46.5 Å². The lowest BCUT2D eigenvalue weighted by molar-refractivity contribution is -0.576. The van der Waals surface area contributed by atoms with Gasteiger partial charge in [0.25, 0.3) is 0 Å². The van der Waals surface area contributed by atoms with E-state index in [0.717, 1.165) is 25.7 Å². The first-order valence-electron chi connectivity index (χ1n) is 8.85. The van der Waals surface area contributed by atoms with Gasteiger partial charge in [0.05, 0.1) is 0 Å². The maximum atomic E-state index is 11.7. The quantitative estimate of drug-likeness (QED) is 0.428. The summed E-state index contributed by atoms with van der Waals surface area (Å²) in [6.45, 7) is 6.18. The highest BCUT2D eigenvalue weighted by molar-refractivity contribution is 6.26. The predicted molar refractivity (Wildman–Crippen MR) is 83.6 cm³/mol. The molecule has 0 amide bonds. The highest BCUT2D eigenvalue weighted by Crippen LogP contribution is 2.60. The van der Waals surface area contributed by atoms with Crippen LogP contribution in [-0.4, -0.2) is 35.8 Å². The van der Waals surface area contributed by atoms with Crippen LogP contribution in [-0.2, 0) is 28.8 Å². The summed E-state index contributed by atoms with van der Waals surface area (Å²) >= 11 is 5.58. The van der Waals surface area contributed by atoms with Crippen molar-refractivity contribution in [2.24, 2.45) is 23.7 Å². The Labute approximate surface area is 147 Å². The maximum Gasteiger partial charge on any atom is 0.323 e. The average molecular weight is 361 g/mol. The van der Waals surface area contributed by atoms with Gasteiger partial charge in [0.1, 0.15) is 5.88 Å². The number of carbonyl (C=O) groups is 1. The van der Waals surface area contributed by atoms with Gasteiger partial charge in [0, 0.05) is 18.3 Å². The Morgan fingerprint density at radius 2 is 2.00 bits per heavy atom. The SMILES string of the molecule is C[C@H]1[C@H](OC(=O)CCl)O[C@@H]2O[C@@]3(C)CC[C@H]4[C@H](C)CC[C@H]1[C@@]24OO3. The van der Waals surface area contributed by atoms with Crippen LogP contribution in [0.3, 0.4) is 0 Å². The van der Waals surface area contributed by atoms with E-state index in [-0.39, 0.29) is 17.7 Å². The fraction of sp³-hybridized carbons (Fsp3) is 0.941. The molecule has 7 heteroatoms. The lowest BCUT2D eigenvalue weighted by Crippen LogP contribution is -2.70. The second-order valence-electron chi connectivity index (χ2n) is 7.90. The zero-order valence-electron chi connectivity index (χ0n) is 14.3. The molecule has 136 valence electrons. The minimum atomic E-state index is -0.820. The summed E-state index contributed by atoms with van der Waals surface area (Å²) in [6, 6.07) is 0. The van der Waals surface area contributed by atoms with Crippen molar-refractivity contribution in [2.45, 2.75) is 70.4 Å². The molecule has 0 aromatic rings. The molecule has 0 N–H and O–H groups in total. The third-order valence-corrected chi connectivity index (χ3v) is 6.67. The second-order valence-corrected chi connectivity index (χ2v) is 8.16. The third kappa shape index (κ3) is 2.34. The number of ether oxygens (including phenoxy) is 3. The molecule has 0 aromatic heterocycles. The fourth-order valence-electron chi connectivity index (χ4n) is 5.17. The van der Waals surface area contributed by atoms with Crippen molar-refractivity contribution in [1.29, 1.82) is 0 Å². The molecule has 0 radical (unpaired) electrons. The van der Waals surface area contributed by atoms with Crippen LogP contribution >= 0.6 is 11.6 Å². The number of hydrogen-bond acceptors (Lipinski definition) is 6. The van der Waals surface area contributed by atoms with E-state index in [2.05, 4.69) is 6.92 Å². The van der Waals surface area contributed by atoms with Crippen LogP contribution in [0.2, 0.25) is 0 Å². The molecular weight excluding hydrogens is 336 g/mol. The topological polar surface area (TPSA) is 63.2 Å². The molecular formula is C17H25ClO6. The van der Waals surface area contributed by atoms with Gasteiger partial charge in [0.2, 0.25) is 12.1 Å². The Kier molecular flexibility index (Phi) is 4.12. The van der Waals surface area contributed by atoms with Crippen molar-refractivity contribution in [1.82, 2.24) is 0 Å². The minimum Gasteiger partial charge on any atom is -0.434 e. The summed E-state index contributed by atoms with van der Waals surface area (Å²) in [5, 5.41) is 0. The van der Waals surface area contributed by atoms with Crippen LogP contribution in [0.25, 0.3) is 0 Å². The first-order chi connectivity index (χ1) is 11.4. The van der Waals surface area contributed by atoms with E-state index in [1.54, 1.807) is 0 Å². The Morgan fingerprint density at radius 3 is 2.75 bits per heavy atom. The number of fused-ring (bicyclic) bond motifs is 2. The van der Waals surface area contributed by atoms with Gasteiger partial charge in [-0.3, -0.25) is 4.79 Å². The molecule has 4 saturated heterocycles. The van der Waals surface area contributed by atoms with E-state index < -0.39 is 29.9 Å². The van der Waals surface area contributed by atoms with Gasteiger partial charge in [-0.25, -0.2) is 9.78 Å². The monoisotopic (exact) mass is 360 g/mol. The van der Waals surface area contributed by atoms with Crippen LogP contribution in [0.15, 0.2) is 0 Å². The van der Waals surface area contributed by atoms with Crippen molar-refractivity contribution in [3.05, 3.63) is 0 Å². The molecule has 4 heterocycles. The molecule has 8 atom stereocenters. The molecule has 0 unspecified atom stereocenters. The van der Waals surface area contributed by atoms with Gasteiger partial charge in [-0.15, -0.1) is 11.6 Å². The highest BCUT2D eigenvalue weighted by Gasteiger charge is 2.69. The van der Waals surface area contributed by atoms with E-state index in [4.69, 9.17) is 35.6 Å². The van der Waals surface area contributed by atoms with Crippen LogP contribution in [0, 0.1) is 23.7 Å². The number of hydrogen-bond donors (Lipinski definition) is 0. The molecule has 6 nitrogen and oxygen atoms in total. The predicted octanol–water partition coefficient (Wildman–Crippen LogP) is 2.98. The smallest absolute Gasteiger partial charge is 0.323 e. The summed E-state index contributed by atoms with van der Waals surface area (Å²) in [7, 11) is 0. The molecule has 24 heavy (non-hydrogen) atoms. The van der Waals surface area contributed by atoms with E-state index in [1.807, 2.05) is 13.8 Å². The van der Waals surface area contributed by atoms with Gasteiger partial charge in [-0.1, -0.05) is 13.8 Å². The zero-order chi connectivity index (χ0) is 17.1.